The number of aromatic nitrogens is 2. The Bertz CT molecular complexity index is 965. The molecule has 2 aromatic carbocycles. The van der Waals surface area contributed by atoms with E-state index in [1.165, 1.54) is 11.8 Å². The number of imidazole rings is 1. The van der Waals surface area contributed by atoms with Crippen molar-refractivity contribution < 1.29 is 14.3 Å². The van der Waals surface area contributed by atoms with Gasteiger partial charge in [-0.15, -0.1) is 0 Å². The fourth-order valence-electron chi connectivity index (χ4n) is 3.07. The van der Waals surface area contributed by atoms with Crippen LogP contribution < -0.4 is 10.1 Å². The van der Waals surface area contributed by atoms with Crippen LogP contribution in [0, 0.1) is 0 Å². The highest BCUT2D eigenvalue weighted by Gasteiger charge is 2.16. The SMILES string of the molecule is Cn1ccnc1Sc1ccccc1NC(=O)c1ccc(OCC2CCCO2)cc1. The molecule has 1 aliphatic heterocycles. The summed E-state index contributed by atoms with van der Waals surface area (Å²) in [6.45, 7) is 1.36. The number of anilines is 1. The Kier molecular flexibility index (Phi) is 6.17. The molecule has 1 aliphatic rings. The number of hydrogen-bond donors (Lipinski definition) is 1. The number of para-hydroxylation sites is 1. The first kappa shape index (κ1) is 19.5. The van der Waals surface area contributed by atoms with Gasteiger partial charge in [0.05, 0.1) is 11.8 Å². The molecule has 29 heavy (non-hydrogen) atoms. The van der Waals surface area contributed by atoms with Gasteiger partial charge in [0.25, 0.3) is 5.91 Å². The van der Waals surface area contributed by atoms with E-state index in [1.54, 1.807) is 18.3 Å². The van der Waals surface area contributed by atoms with Gasteiger partial charge in [-0.2, -0.15) is 0 Å². The van der Waals surface area contributed by atoms with E-state index in [-0.39, 0.29) is 12.0 Å². The van der Waals surface area contributed by atoms with Crippen LogP contribution in [0.4, 0.5) is 5.69 Å². The minimum absolute atomic E-state index is 0.163. The highest BCUT2D eigenvalue weighted by atomic mass is 32.2. The Labute approximate surface area is 174 Å². The molecule has 1 unspecified atom stereocenters. The van der Waals surface area contributed by atoms with Crippen molar-refractivity contribution in [2.45, 2.75) is 29.0 Å². The third-order valence-corrected chi connectivity index (χ3v) is 5.84. The van der Waals surface area contributed by atoms with E-state index < -0.39 is 0 Å². The molecule has 1 atom stereocenters. The summed E-state index contributed by atoms with van der Waals surface area (Å²) in [7, 11) is 1.94. The van der Waals surface area contributed by atoms with Crippen molar-refractivity contribution in [3.63, 3.8) is 0 Å². The first-order valence-corrected chi connectivity index (χ1v) is 10.4. The molecule has 6 nitrogen and oxygen atoms in total. The van der Waals surface area contributed by atoms with E-state index in [0.29, 0.717) is 12.2 Å². The van der Waals surface area contributed by atoms with Crippen LogP contribution in [0.1, 0.15) is 23.2 Å². The third kappa shape index (κ3) is 4.99. The van der Waals surface area contributed by atoms with Gasteiger partial charge in [0.2, 0.25) is 0 Å². The lowest BCUT2D eigenvalue weighted by atomic mass is 10.2. The Balaban J connectivity index is 1.39. The molecular weight excluding hydrogens is 386 g/mol. The van der Waals surface area contributed by atoms with Gasteiger partial charge in [-0.05, 0) is 61.0 Å². The predicted molar refractivity (Wildman–Crippen MR) is 113 cm³/mol. The summed E-state index contributed by atoms with van der Waals surface area (Å²) in [5, 5.41) is 3.86. The zero-order chi connectivity index (χ0) is 20.1. The molecule has 1 N–H and O–H groups in total. The van der Waals surface area contributed by atoms with E-state index in [4.69, 9.17) is 9.47 Å². The van der Waals surface area contributed by atoms with E-state index in [1.807, 2.05) is 54.2 Å². The van der Waals surface area contributed by atoms with E-state index in [0.717, 1.165) is 40.9 Å². The Morgan fingerprint density at radius 2 is 2.10 bits per heavy atom. The van der Waals surface area contributed by atoms with Crippen LogP contribution >= 0.6 is 11.8 Å². The first-order valence-electron chi connectivity index (χ1n) is 9.59. The van der Waals surface area contributed by atoms with Crippen molar-refractivity contribution in [3.8, 4) is 5.75 Å². The second kappa shape index (κ2) is 9.15. The highest BCUT2D eigenvalue weighted by Crippen LogP contribution is 2.32. The second-order valence-corrected chi connectivity index (χ2v) is 7.85. The molecule has 0 aliphatic carbocycles. The van der Waals surface area contributed by atoms with E-state index in [9.17, 15) is 4.79 Å². The van der Waals surface area contributed by atoms with Crippen LogP contribution in [-0.2, 0) is 11.8 Å². The summed E-state index contributed by atoms with van der Waals surface area (Å²) < 4.78 is 13.3. The van der Waals surface area contributed by atoms with Crippen molar-refractivity contribution in [2.24, 2.45) is 7.05 Å². The number of hydrogen-bond acceptors (Lipinski definition) is 5. The maximum Gasteiger partial charge on any atom is 0.255 e. The largest absolute Gasteiger partial charge is 0.491 e. The van der Waals surface area contributed by atoms with Crippen molar-refractivity contribution in [3.05, 3.63) is 66.5 Å². The smallest absolute Gasteiger partial charge is 0.255 e. The molecule has 1 aromatic heterocycles. The quantitative estimate of drug-likeness (QED) is 0.627. The maximum absolute atomic E-state index is 12.7. The van der Waals surface area contributed by atoms with Gasteiger partial charge in [0.1, 0.15) is 12.4 Å². The lowest BCUT2D eigenvalue weighted by Gasteiger charge is -2.12. The van der Waals surface area contributed by atoms with Gasteiger partial charge < -0.3 is 19.4 Å². The van der Waals surface area contributed by atoms with Crippen LogP contribution in [-0.4, -0.2) is 34.8 Å². The Morgan fingerprint density at radius 1 is 1.28 bits per heavy atom. The Hall–Kier alpha value is -2.77. The van der Waals surface area contributed by atoms with Crippen molar-refractivity contribution in [2.75, 3.05) is 18.5 Å². The average molecular weight is 410 g/mol. The summed E-state index contributed by atoms with van der Waals surface area (Å²) in [6.07, 6.45) is 5.95. The van der Waals surface area contributed by atoms with Gasteiger partial charge >= 0.3 is 0 Å². The van der Waals surface area contributed by atoms with Crippen molar-refractivity contribution in [1.29, 1.82) is 0 Å². The van der Waals surface area contributed by atoms with Gasteiger partial charge in [-0.3, -0.25) is 4.79 Å². The van der Waals surface area contributed by atoms with Gasteiger partial charge in [-0.25, -0.2) is 4.98 Å². The number of carbonyl (C=O) groups excluding carboxylic acids is 1. The average Bonchev–Trinajstić information content (AvgIpc) is 3.40. The normalized spacial score (nSPS) is 16.0. The summed E-state index contributed by atoms with van der Waals surface area (Å²) >= 11 is 1.51. The van der Waals surface area contributed by atoms with Crippen molar-refractivity contribution in [1.82, 2.24) is 9.55 Å². The molecule has 1 fully saturated rings. The molecular formula is C22H23N3O3S. The minimum atomic E-state index is -0.163. The number of aryl methyl sites for hydroxylation is 1. The van der Waals surface area contributed by atoms with Gasteiger partial charge in [0.15, 0.2) is 5.16 Å². The Morgan fingerprint density at radius 3 is 2.83 bits per heavy atom. The lowest BCUT2D eigenvalue weighted by Crippen LogP contribution is -2.16. The molecule has 4 rings (SSSR count). The zero-order valence-electron chi connectivity index (χ0n) is 16.2. The first-order chi connectivity index (χ1) is 14.2. The van der Waals surface area contributed by atoms with Crippen LogP contribution in [0.5, 0.6) is 5.75 Å². The summed E-state index contributed by atoms with van der Waals surface area (Å²) in [4.78, 5) is 18.0. The zero-order valence-corrected chi connectivity index (χ0v) is 17.0. The molecule has 0 radical (unpaired) electrons. The van der Waals surface area contributed by atoms with Crippen LogP contribution in [0.15, 0.2) is 71.0 Å². The molecule has 150 valence electrons. The number of rotatable bonds is 7. The number of amides is 1. The molecule has 1 saturated heterocycles. The summed E-state index contributed by atoms with van der Waals surface area (Å²) in [5.41, 5.74) is 1.33. The van der Waals surface area contributed by atoms with Gasteiger partial charge in [0, 0.05) is 36.5 Å². The number of benzene rings is 2. The van der Waals surface area contributed by atoms with Gasteiger partial charge in [-0.1, -0.05) is 12.1 Å². The molecule has 7 heteroatoms. The van der Waals surface area contributed by atoms with Crippen LogP contribution in [0.3, 0.4) is 0 Å². The molecule has 0 bridgehead atoms. The number of nitrogens with one attached hydrogen (secondary N) is 1. The monoisotopic (exact) mass is 409 g/mol. The number of ether oxygens (including phenoxy) is 2. The predicted octanol–water partition coefficient (Wildman–Crippen LogP) is 4.38. The fraction of sp³-hybridized carbons (Fsp3) is 0.273. The minimum Gasteiger partial charge on any atom is -0.491 e. The van der Waals surface area contributed by atoms with Crippen LogP contribution in [0.2, 0.25) is 0 Å². The summed E-state index contributed by atoms with van der Waals surface area (Å²) in [6, 6.07) is 14.9. The van der Waals surface area contributed by atoms with E-state index >= 15 is 0 Å². The topological polar surface area (TPSA) is 65.4 Å². The van der Waals surface area contributed by atoms with Crippen molar-refractivity contribution >= 4 is 23.4 Å². The molecule has 2 heterocycles. The standard InChI is InChI=1S/C22H23N3O3S/c1-25-13-12-23-22(25)29-20-7-3-2-6-19(20)24-21(26)16-8-10-17(11-9-16)28-15-18-5-4-14-27-18/h2-3,6-13,18H,4-5,14-15H2,1H3,(H,24,26). The molecule has 0 saturated carbocycles. The number of nitrogens with zero attached hydrogens (tertiary/aromatic N) is 2. The van der Waals surface area contributed by atoms with Crippen LogP contribution in [0.25, 0.3) is 0 Å². The molecule has 1 amide bonds. The fourth-order valence-corrected chi connectivity index (χ4v) is 3.96. The third-order valence-electron chi connectivity index (χ3n) is 4.69. The maximum atomic E-state index is 12.7. The molecule has 3 aromatic rings. The van der Waals surface area contributed by atoms with E-state index in [2.05, 4.69) is 10.3 Å². The number of carbonyl (C=O) groups is 1. The lowest BCUT2D eigenvalue weighted by molar-refractivity contribution is 0.0679. The highest BCUT2D eigenvalue weighted by molar-refractivity contribution is 7.99. The second-order valence-electron chi connectivity index (χ2n) is 6.84. The molecule has 0 spiro atoms. The summed E-state index contributed by atoms with van der Waals surface area (Å²) in [5.74, 6) is 0.575.